The molecule has 0 heterocycles. The molecule has 0 aromatic heterocycles. The van der Waals surface area contributed by atoms with Crippen LogP contribution in [-0.4, -0.2) is 23.7 Å². The second kappa shape index (κ2) is 4.61. The summed E-state index contributed by atoms with van der Waals surface area (Å²) in [7, 11) is 0. The number of halogens is 1. The smallest absolute Gasteiger partial charge is 0.341 e. The summed E-state index contributed by atoms with van der Waals surface area (Å²) in [6, 6.07) is 2.19. The van der Waals surface area contributed by atoms with Crippen molar-refractivity contribution in [2.45, 2.75) is 6.92 Å². The van der Waals surface area contributed by atoms with Gasteiger partial charge in [-0.25, -0.2) is 14.0 Å². The summed E-state index contributed by atoms with van der Waals surface area (Å²) in [5, 5.41) is 8.29. The van der Waals surface area contributed by atoms with Crippen LogP contribution in [0.5, 0.6) is 0 Å². The van der Waals surface area contributed by atoms with Crippen molar-refractivity contribution in [3.05, 3.63) is 29.1 Å². The molecule has 0 saturated carbocycles. The zero-order valence-corrected chi connectivity index (χ0v) is 8.49. The fourth-order valence-corrected chi connectivity index (χ4v) is 1.03. The van der Waals surface area contributed by atoms with Crippen LogP contribution in [0.25, 0.3) is 0 Å². The lowest BCUT2D eigenvalue weighted by Gasteiger charge is -2.06. The van der Waals surface area contributed by atoms with E-state index in [-0.39, 0.29) is 16.8 Å². The number of nitrogen functional groups attached to an aromatic ring is 1. The second-order valence-corrected chi connectivity index (χ2v) is 3.14. The number of hydrogen-bond acceptors (Lipinski definition) is 4. The molecular weight excluding hydrogens is 217 g/mol. The largest absolute Gasteiger partial charge is 0.479 e. The number of ether oxygens (including phenoxy) is 1. The summed E-state index contributed by atoms with van der Waals surface area (Å²) in [5.41, 5.74) is 5.69. The SMILES string of the molecule is Cc1c(N)cc(C(=O)OCC(=O)O)cc1F. The lowest BCUT2D eigenvalue weighted by atomic mass is 10.1. The van der Waals surface area contributed by atoms with Crippen molar-refractivity contribution >= 4 is 17.6 Å². The van der Waals surface area contributed by atoms with Gasteiger partial charge in [-0.15, -0.1) is 0 Å². The van der Waals surface area contributed by atoms with E-state index < -0.39 is 24.4 Å². The molecule has 0 aliphatic rings. The maximum absolute atomic E-state index is 13.2. The lowest BCUT2D eigenvalue weighted by Crippen LogP contribution is -2.13. The molecule has 1 rings (SSSR count). The number of carbonyl (C=O) groups excluding carboxylic acids is 1. The molecule has 0 saturated heterocycles. The molecule has 0 aliphatic carbocycles. The van der Waals surface area contributed by atoms with E-state index in [2.05, 4.69) is 4.74 Å². The van der Waals surface area contributed by atoms with Gasteiger partial charge in [-0.2, -0.15) is 0 Å². The molecule has 0 aliphatic heterocycles. The van der Waals surface area contributed by atoms with Crippen LogP contribution in [0, 0.1) is 12.7 Å². The second-order valence-electron chi connectivity index (χ2n) is 3.14. The number of nitrogens with two attached hydrogens (primary N) is 1. The van der Waals surface area contributed by atoms with Crippen molar-refractivity contribution in [3.63, 3.8) is 0 Å². The monoisotopic (exact) mass is 227 g/mol. The lowest BCUT2D eigenvalue weighted by molar-refractivity contribution is -0.140. The Labute approximate surface area is 90.6 Å². The number of hydrogen-bond donors (Lipinski definition) is 2. The van der Waals surface area contributed by atoms with E-state index in [1.54, 1.807) is 0 Å². The summed E-state index contributed by atoms with van der Waals surface area (Å²) >= 11 is 0. The van der Waals surface area contributed by atoms with Crippen LogP contribution < -0.4 is 5.73 Å². The first-order valence-corrected chi connectivity index (χ1v) is 4.36. The van der Waals surface area contributed by atoms with E-state index in [1.807, 2.05) is 0 Å². The van der Waals surface area contributed by atoms with Gasteiger partial charge in [0.1, 0.15) is 5.82 Å². The Morgan fingerprint density at radius 2 is 2.12 bits per heavy atom. The zero-order chi connectivity index (χ0) is 12.3. The molecule has 1 aromatic carbocycles. The predicted octanol–water partition coefficient (Wildman–Crippen LogP) is 0.958. The molecule has 1 aromatic rings. The number of benzene rings is 1. The third-order valence-electron chi connectivity index (χ3n) is 1.95. The molecule has 0 unspecified atom stereocenters. The van der Waals surface area contributed by atoms with Gasteiger partial charge in [0, 0.05) is 11.3 Å². The molecule has 6 heteroatoms. The molecular formula is C10H10FNO4. The van der Waals surface area contributed by atoms with Crippen molar-refractivity contribution in [2.24, 2.45) is 0 Å². The van der Waals surface area contributed by atoms with Crippen LogP contribution in [-0.2, 0) is 9.53 Å². The summed E-state index contributed by atoms with van der Waals surface area (Å²) < 4.78 is 17.6. The highest BCUT2D eigenvalue weighted by molar-refractivity contribution is 5.91. The normalized spacial score (nSPS) is 9.88. The average Bonchev–Trinajstić information content (AvgIpc) is 2.21. The van der Waals surface area contributed by atoms with Crippen LogP contribution in [0.15, 0.2) is 12.1 Å². The van der Waals surface area contributed by atoms with Gasteiger partial charge in [0.05, 0.1) is 5.56 Å². The fraction of sp³-hybridized carbons (Fsp3) is 0.200. The van der Waals surface area contributed by atoms with Gasteiger partial charge in [-0.05, 0) is 19.1 Å². The van der Waals surface area contributed by atoms with Crippen LogP contribution in [0.3, 0.4) is 0 Å². The van der Waals surface area contributed by atoms with E-state index in [0.717, 1.165) is 6.07 Å². The summed E-state index contributed by atoms with van der Waals surface area (Å²) in [4.78, 5) is 21.4. The van der Waals surface area contributed by atoms with Crippen molar-refractivity contribution in [1.82, 2.24) is 0 Å². The fourth-order valence-electron chi connectivity index (χ4n) is 1.03. The van der Waals surface area contributed by atoms with Crippen LogP contribution in [0.4, 0.5) is 10.1 Å². The number of rotatable bonds is 3. The van der Waals surface area contributed by atoms with Crippen LogP contribution >= 0.6 is 0 Å². The summed E-state index contributed by atoms with van der Waals surface area (Å²) in [6.45, 7) is 0.700. The third-order valence-corrected chi connectivity index (χ3v) is 1.95. The minimum atomic E-state index is -1.28. The Morgan fingerprint density at radius 1 is 1.50 bits per heavy atom. The average molecular weight is 227 g/mol. The maximum atomic E-state index is 13.2. The molecule has 0 atom stereocenters. The standard InChI is InChI=1S/C10H10FNO4/c1-5-7(11)2-6(3-8(5)12)10(15)16-4-9(13)14/h2-3H,4,12H2,1H3,(H,13,14). The molecule has 0 radical (unpaired) electrons. The molecule has 0 spiro atoms. The first-order valence-electron chi connectivity index (χ1n) is 4.36. The molecule has 0 bridgehead atoms. The van der Waals surface area contributed by atoms with E-state index in [1.165, 1.54) is 13.0 Å². The number of esters is 1. The molecule has 0 amide bonds. The van der Waals surface area contributed by atoms with Crippen molar-refractivity contribution < 1.29 is 23.8 Å². The Balaban J connectivity index is 2.88. The highest BCUT2D eigenvalue weighted by Gasteiger charge is 2.13. The highest BCUT2D eigenvalue weighted by Crippen LogP contribution is 2.18. The predicted molar refractivity (Wildman–Crippen MR) is 53.5 cm³/mol. The number of anilines is 1. The van der Waals surface area contributed by atoms with E-state index in [9.17, 15) is 14.0 Å². The van der Waals surface area contributed by atoms with E-state index >= 15 is 0 Å². The molecule has 3 N–H and O–H groups in total. The molecule has 16 heavy (non-hydrogen) atoms. The first kappa shape index (κ1) is 12.0. The maximum Gasteiger partial charge on any atom is 0.341 e. The van der Waals surface area contributed by atoms with E-state index in [4.69, 9.17) is 10.8 Å². The van der Waals surface area contributed by atoms with Gasteiger partial charge in [0.15, 0.2) is 6.61 Å². The van der Waals surface area contributed by atoms with Crippen LogP contribution in [0.1, 0.15) is 15.9 Å². The van der Waals surface area contributed by atoms with Gasteiger partial charge in [0.2, 0.25) is 0 Å². The highest BCUT2D eigenvalue weighted by atomic mass is 19.1. The third kappa shape index (κ3) is 2.69. The van der Waals surface area contributed by atoms with Crippen LogP contribution in [0.2, 0.25) is 0 Å². The number of aliphatic carboxylic acids is 1. The molecule has 5 nitrogen and oxygen atoms in total. The molecule has 0 fully saturated rings. The van der Waals surface area contributed by atoms with Crippen molar-refractivity contribution in [2.75, 3.05) is 12.3 Å². The van der Waals surface area contributed by atoms with Crippen molar-refractivity contribution in [3.8, 4) is 0 Å². The quantitative estimate of drug-likeness (QED) is 0.592. The summed E-state index contributed by atoms with van der Waals surface area (Å²) in [6.07, 6.45) is 0. The van der Waals surface area contributed by atoms with Crippen molar-refractivity contribution in [1.29, 1.82) is 0 Å². The minimum absolute atomic E-state index is 0.109. The topological polar surface area (TPSA) is 89.6 Å². The Hall–Kier alpha value is -2.11. The first-order chi connectivity index (χ1) is 7.41. The summed E-state index contributed by atoms with van der Waals surface area (Å²) in [5.74, 6) is -2.84. The van der Waals surface area contributed by atoms with Gasteiger partial charge >= 0.3 is 11.9 Å². The number of carbonyl (C=O) groups is 2. The Kier molecular flexibility index (Phi) is 3.44. The molecule has 86 valence electrons. The van der Waals surface area contributed by atoms with E-state index in [0.29, 0.717) is 0 Å². The number of carboxylic acid groups (broad SMARTS) is 1. The van der Waals surface area contributed by atoms with Gasteiger partial charge in [0.25, 0.3) is 0 Å². The Morgan fingerprint density at radius 3 is 2.62 bits per heavy atom. The minimum Gasteiger partial charge on any atom is -0.479 e. The van der Waals surface area contributed by atoms with Gasteiger partial charge in [-0.1, -0.05) is 0 Å². The van der Waals surface area contributed by atoms with Gasteiger partial charge < -0.3 is 15.6 Å². The van der Waals surface area contributed by atoms with Gasteiger partial charge in [-0.3, -0.25) is 0 Å². The zero-order valence-electron chi connectivity index (χ0n) is 8.49. The number of carboxylic acids is 1. The Bertz CT molecular complexity index is 421.